The van der Waals surface area contributed by atoms with Gasteiger partial charge < -0.3 is 14.5 Å². The van der Waals surface area contributed by atoms with Crippen LogP contribution in [0.4, 0.5) is 5.69 Å². The van der Waals surface area contributed by atoms with Crippen molar-refractivity contribution in [3.63, 3.8) is 0 Å². The van der Waals surface area contributed by atoms with E-state index in [1.807, 2.05) is 57.2 Å². The predicted octanol–water partition coefficient (Wildman–Crippen LogP) is 6.31. The van der Waals surface area contributed by atoms with Crippen molar-refractivity contribution in [2.24, 2.45) is 0 Å². The number of amides is 1. The lowest BCUT2D eigenvalue weighted by Gasteiger charge is -2.12. The Morgan fingerprint density at radius 3 is 2.57 bits per heavy atom. The highest BCUT2D eigenvalue weighted by Gasteiger charge is 2.13. The lowest BCUT2D eigenvalue weighted by atomic mass is 10.0. The maximum absolute atomic E-state index is 12.5. The average Bonchev–Trinajstić information content (AvgIpc) is 3.01. The van der Waals surface area contributed by atoms with Gasteiger partial charge in [-0.05, 0) is 61.6 Å². The van der Waals surface area contributed by atoms with Crippen molar-refractivity contribution in [2.75, 3.05) is 11.9 Å². The van der Waals surface area contributed by atoms with Crippen LogP contribution in [0.5, 0.6) is 5.75 Å². The summed E-state index contributed by atoms with van der Waals surface area (Å²) in [6, 6.07) is 11.9. The zero-order valence-electron chi connectivity index (χ0n) is 17.1. The normalized spacial score (nSPS) is 11.9. The second kappa shape index (κ2) is 8.34. The minimum atomic E-state index is -0.166. The molecule has 1 N–H and O–H groups in total. The Balaban J connectivity index is 1.86. The van der Waals surface area contributed by atoms with E-state index in [0.717, 1.165) is 33.4 Å². The number of hydrogen-bond acceptors (Lipinski definition) is 3. The number of hydrogen-bond donors (Lipinski definition) is 1. The summed E-state index contributed by atoms with van der Waals surface area (Å²) in [6.07, 6.45) is 3.34. The molecule has 4 heteroatoms. The summed E-state index contributed by atoms with van der Waals surface area (Å²) in [5.74, 6) is 1.01. The highest BCUT2D eigenvalue weighted by Crippen LogP contribution is 2.33. The van der Waals surface area contributed by atoms with Gasteiger partial charge in [0.1, 0.15) is 11.3 Å². The van der Waals surface area contributed by atoms with Crippen LogP contribution >= 0.6 is 0 Å². The second-order valence-electron chi connectivity index (χ2n) is 7.29. The van der Waals surface area contributed by atoms with Crippen molar-refractivity contribution < 1.29 is 13.9 Å². The second-order valence-corrected chi connectivity index (χ2v) is 7.29. The quantitative estimate of drug-likeness (QED) is 0.512. The molecule has 0 saturated carbocycles. The van der Waals surface area contributed by atoms with E-state index >= 15 is 0 Å². The Hall–Kier alpha value is -3.01. The topological polar surface area (TPSA) is 51.5 Å². The van der Waals surface area contributed by atoms with Gasteiger partial charge in [-0.1, -0.05) is 26.0 Å². The number of benzene rings is 2. The first-order valence-corrected chi connectivity index (χ1v) is 9.63. The van der Waals surface area contributed by atoms with Crippen LogP contribution in [0.3, 0.4) is 0 Å². The van der Waals surface area contributed by atoms with Crippen LogP contribution in [0.15, 0.2) is 53.2 Å². The van der Waals surface area contributed by atoms with Crippen molar-refractivity contribution >= 4 is 28.1 Å². The molecular formula is C24H27NO3. The molecule has 0 bridgehead atoms. The molecule has 1 aromatic heterocycles. The first-order chi connectivity index (χ1) is 13.4. The average molecular weight is 377 g/mol. The number of ether oxygens (including phenoxy) is 1. The number of aryl methyl sites for hydroxylation is 1. The van der Waals surface area contributed by atoms with Gasteiger partial charge in [-0.25, -0.2) is 0 Å². The van der Waals surface area contributed by atoms with E-state index in [1.165, 1.54) is 5.56 Å². The van der Waals surface area contributed by atoms with E-state index in [2.05, 4.69) is 19.2 Å². The molecule has 0 aliphatic heterocycles. The largest absolute Gasteiger partial charge is 0.493 e. The molecule has 3 rings (SSSR count). The van der Waals surface area contributed by atoms with Crippen LogP contribution in [0.25, 0.3) is 16.5 Å². The SMILES string of the molecule is CCOc1cc2occ(C)c2cc1/C(C)=C/C(=O)Nc1ccc(C(C)C)cc1. The van der Waals surface area contributed by atoms with Crippen LogP contribution in [0, 0.1) is 6.92 Å². The summed E-state index contributed by atoms with van der Waals surface area (Å²) < 4.78 is 11.4. The van der Waals surface area contributed by atoms with Gasteiger partial charge >= 0.3 is 0 Å². The first-order valence-electron chi connectivity index (χ1n) is 9.63. The van der Waals surface area contributed by atoms with E-state index in [9.17, 15) is 4.79 Å². The molecule has 3 aromatic rings. The third kappa shape index (κ3) is 4.28. The minimum Gasteiger partial charge on any atom is -0.493 e. The van der Waals surface area contributed by atoms with Crippen molar-refractivity contribution in [3.05, 3.63) is 65.4 Å². The van der Waals surface area contributed by atoms with E-state index in [0.29, 0.717) is 18.3 Å². The van der Waals surface area contributed by atoms with E-state index in [-0.39, 0.29) is 5.91 Å². The van der Waals surface area contributed by atoms with Crippen LogP contribution in [-0.4, -0.2) is 12.5 Å². The number of allylic oxidation sites excluding steroid dienone is 1. The molecule has 28 heavy (non-hydrogen) atoms. The maximum atomic E-state index is 12.5. The Kier molecular flexibility index (Phi) is 5.88. The Bertz CT molecular complexity index is 1010. The highest BCUT2D eigenvalue weighted by molar-refractivity contribution is 6.04. The van der Waals surface area contributed by atoms with Crippen LogP contribution < -0.4 is 10.1 Å². The van der Waals surface area contributed by atoms with Crippen molar-refractivity contribution in [2.45, 2.75) is 40.5 Å². The summed E-state index contributed by atoms with van der Waals surface area (Å²) in [6.45, 7) is 10.7. The molecule has 0 spiro atoms. The molecule has 0 radical (unpaired) electrons. The number of furan rings is 1. The van der Waals surface area contributed by atoms with Crippen LogP contribution in [0.2, 0.25) is 0 Å². The van der Waals surface area contributed by atoms with Gasteiger partial charge in [-0.3, -0.25) is 4.79 Å². The van der Waals surface area contributed by atoms with Gasteiger partial charge in [-0.2, -0.15) is 0 Å². The number of rotatable bonds is 6. The highest BCUT2D eigenvalue weighted by atomic mass is 16.5. The summed E-state index contributed by atoms with van der Waals surface area (Å²) in [7, 11) is 0. The molecule has 2 aromatic carbocycles. The monoisotopic (exact) mass is 377 g/mol. The number of anilines is 1. The minimum absolute atomic E-state index is 0.166. The predicted molar refractivity (Wildman–Crippen MR) is 115 cm³/mol. The molecule has 0 saturated heterocycles. The molecule has 0 aliphatic rings. The van der Waals surface area contributed by atoms with Crippen molar-refractivity contribution in [3.8, 4) is 5.75 Å². The number of carbonyl (C=O) groups is 1. The fraction of sp³-hybridized carbons (Fsp3) is 0.292. The van der Waals surface area contributed by atoms with E-state index in [1.54, 1.807) is 12.3 Å². The van der Waals surface area contributed by atoms with E-state index < -0.39 is 0 Å². The number of carbonyl (C=O) groups excluding carboxylic acids is 1. The van der Waals surface area contributed by atoms with Gasteiger partial charge in [-0.15, -0.1) is 0 Å². The summed E-state index contributed by atoms with van der Waals surface area (Å²) >= 11 is 0. The molecular weight excluding hydrogens is 350 g/mol. The zero-order valence-corrected chi connectivity index (χ0v) is 17.1. The molecule has 4 nitrogen and oxygen atoms in total. The van der Waals surface area contributed by atoms with Gasteiger partial charge in [0, 0.05) is 28.8 Å². The fourth-order valence-corrected chi connectivity index (χ4v) is 3.17. The Labute approximate surface area is 166 Å². The lowest BCUT2D eigenvalue weighted by Crippen LogP contribution is -2.09. The Morgan fingerprint density at radius 2 is 1.93 bits per heavy atom. The van der Waals surface area contributed by atoms with Gasteiger partial charge in [0.05, 0.1) is 12.9 Å². The molecule has 0 fully saturated rings. The van der Waals surface area contributed by atoms with Crippen molar-refractivity contribution in [1.29, 1.82) is 0 Å². The number of nitrogens with one attached hydrogen (secondary N) is 1. The summed E-state index contributed by atoms with van der Waals surface area (Å²) in [5, 5.41) is 3.95. The van der Waals surface area contributed by atoms with Crippen molar-refractivity contribution in [1.82, 2.24) is 0 Å². The summed E-state index contributed by atoms with van der Waals surface area (Å²) in [5.41, 5.74) is 5.60. The molecule has 0 unspecified atom stereocenters. The molecule has 146 valence electrons. The van der Waals surface area contributed by atoms with Crippen LogP contribution in [-0.2, 0) is 4.79 Å². The third-order valence-corrected chi connectivity index (χ3v) is 4.79. The molecule has 1 heterocycles. The van der Waals surface area contributed by atoms with Gasteiger partial charge in [0.2, 0.25) is 5.91 Å². The fourth-order valence-electron chi connectivity index (χ4n) is 3.17. The third-order valence-electron chi connectivity index (χ3n) is 4.79. The smallest absolute Gasteiger partial charge is 0.248 e. The summed E-state index contributed by atoms with van der Waals surface area (Å²) in [4.78, 5) is 12.5. The number of fused-ring (bicyclic) bond motifs is 1. The van der Waals surface area contributed by atoms with Gasteiger partial charge in [0.25, 0.3) is 0 Å². The lowest BCUT2D eigenvalue weighted by molar-refractivity contribution is -0.111. The van der Waals surface area contributed by atoms with Crippen LogP contribution in [0.1, 0.15) is 50.3 Å². The molecule has 1 amide bonds. The standard InChI is InChI=1S/C24H27NO3/c1-6-27-22-13-23-21(17(5)14-28-23)12-20(22)16(4)11-24(26)25-19-9-7-18(8-10-19)15(2)3/h7-15H,6H2,1-5H3,(H,25,26)/b16-11+. The van der Waals surface area contributed by atoms with Gasteiger partial charge in [0.15, 0.2) is 0 Å². The first kappa shape index (κ1) is 19.7. The molecule has 0 aliphatic carbocycles. The Morgan fingerprint density at radius 1 is 1.21 bits per heavy atom. The molecule has 0 atom stereocenters. The maximum Gasteiger partial charge on any atom is 0.248 e. The van der Waals surface area contributed by atoms with E-state index in [4.69, 9.17) is 9.15 Å². The zero-order chi connectivity index (χ0) is 20.3.